The average molecular weight is 390 g/mol. The van der Waals surface area contributed by atoms with Crippen LogP contribution in [-0.4, -0.2) is 40.7 Å². The van der Waals surface area contributed by atoms with Crippen LogP contribution < -0.4 is 15.5 Å². The molecule has 7 nitrogen and oxygen atoms in total. The van der Waals surface area contributed by atoms with Crippen molar-refractivity contribution >= 4 is 34.1 Å². The summed E-state index contributed by atoms with van der Waals surface area (Å²) in [7, 11) is 0. The van der Waals surface area contributed by atoms with Crippen LogP contribution in [0.5, 0.6) is 0 Å². The normalized spacial score (nSPS) is 14.7. The van der Waals surface area contributed by atoms with Gasteiger partial charge in [-0.3, -0.25) is 4.79 Å². The van der Waals surface area contributed by atoms with Crippen molar-refractivity contribution in [3.63, 3.8) is 0 Å². The summed E-state index contributed by atoms with van der Waals surface area (Å²) in [4.78, 5) is 18.8. The highest BCUT2D eigenvalue weighted by Gasteiger charge is 2.25. The van der Waals surface area contributed by atoms with Gasteiger partial charge in [0.15, 0.2) is 11.6 Å². The SMILES string of the molecule is CCCNC(=O)C1CCN(c2ccc(Nc3nccc4ccccc34)nn2)CC1. The quantitative estimate of drug-likeness (QED) is 0.670. The summed E-state index contributed by atoms with van der Waals surface area (Å²) in [6, 6.07) is 14.0. The van der Waals surface area contributed by atoms with E-state index in [0.29, 0.717) is 5.82 Å². The van der Waals surface area contributed by atoms with Crippen molar-refractivity contribution < 1.29 is 4.79 Å². The number of carbonyl (C=O) groups excluding carboxylic acids is 1. The zero-order valence-electron chi connectivity index (χ0n) is 16.6. The van der Waals surface area contributed by atoms with Gasteiger partial charge < -0.3 is 15.5 Å². The molecule has 29 heavy (non-hydrogen) atoms. The number of anilines is 3. The molecule has 0 unspecified atom stereocenters. The molecule has 0 atom stereocenters. The van der Waals surface area contributed by atoms with E-state index in [4.69, 9.17) is 0 Å². The number of benzene rings is 1. The van der Waals surface area contributed by atoms with E-state index in [1.807, 2.05) is 36.4 Å². The molecule has 1 saturated heterocycles. The second-order valence-electron chi connectivity index (χ2n) is 7.33. The van der Waals surface area contributed by atoms with Gasteiger partial charge in [-0.25, -0.2) is 4.98 Å². The first-order valence-electron chi connectivity index (χ1n) is 10.2. The number of carbonyl (C=O) groups is 1. The highest BCUT2D eigenvalue weighted by atomic mass is 16.1. The minimum atomic E-state index is 0.101. The average Bonchev–Trinajstić information content (AvgIpc) is 2.78. The van der Waals surface area contributed by atoms with E-state index in [-0.39, 0.29) is 11.8 Å². The Labute approximate surface area is 170 Å². The van der Waals surface area contributed by atoms with E-state index in [0.717, 1.165) is 61.3 Å². The molecule has 0 spiro atoms. The summed E-state index contributed by atoms with van der Waals surface area (Å²) in [5, 5.41) is 17.1. The molecule has 0 bridgehead atoms. The molecule has 1 amide bonds. The number of nitrogens with zero attached hydrogens (tertiary/aromatic N) is 4. The molecule has 1 aliphatic rings. The number of piperidine rings is 1. The number of fused-ring (bicyclic) bond motifs is 1. The van der Waals surface area contributed by atoms with Crippen LogP contribution in [-0.2, 0) is 4.79 Å². The number of rotatable bonds is 6. The molecule has 0 radical (unpaired) electrons. The number of nitrogens with one attached hydrogen (secondary N) is 2. The minimum absolute atomic E-state index is 0.101. The van der Waals surface area contributed by atoms with E-state index in [2.05, 4.69) is 43.7 Å². The molecule has 2 aromatic heterocycles. The molecule has 0 saturated carbocycles. The number of aromatic nitrogens is 3. The zero-order valence-corrected chi connectivity index (χ0v) is 16.6. The number of amides is 1. The summed E-state index contributed by atoms with van der Waals surface area (Å²) in [6.45, 7) is 4.45. The van der Waals surface area contributed by atoms with Gasteiger partial charge >= 0.3 is 0 Å². The molecular formula is C22H26N6O. The Morgan fingerprint density at radius 1 is 1.10 bits per heavy atom. The molecule has 4 rings (SSSR count). The van der Waals surface area contributed by atoms with Crippen molar-refractivity contribution in [2.45, 2.75) is 26.2 Å². The largest absolute Gasteiger partial charge is 0.356 e. The number of pyridine rings is 1. The van der Waals surface area contributed by atoms with E-state index in [1.165, 1.54) is 0 Å². The van der Waals surface area contributed by atoms with Gasteiger partial charge in [-0.1, -0.05) is 31.2 Å². The maximum atomic E-state index is 12.1. The molecule has 0 aliphatic carbocycles. The van der Waals surface area contributed by atoms with Gasteiger partial charge in [0.05, 0.1) is 0 Å². The lowest BCUT2D eigenvalue weighted by atomic mass is 9.96. The van der Waals surface area contributed by atoms with Gasteiger partial charge in [-0.05, 0) is 42.8 Å². The Morgan fingerprint density at radius 2 is 1.93 bits per heavy atom. The van der Waals surface area contributed by atoms with Crippen LogP contribution >= 0.6 is 0 Å². The molecule has 1 aromatic carbocycles. The third kappa shape index (κ3) is 4.45. The van der Waals surface area contributed by atoms with Crippen LogP contribution in [0.1, 0.15) is 26.2 Å². The van der Waals surface area contributed by atoms with Crippen LogP contribution in [0.4, 0.5) is 17.5 Å². The van der Waals surface area contributed by atoms with Crippen molar-refractivity contribution in [3.05, 3.63) is 48.7 Å². The second-order valence-corrected chi connectivity index (χ2v) is 7.33. The molecule has 7 heteroatoms. The fourth-order valence-corrected chi connectivity index (χ4v) is 3.66. The fourth-order valence-electron chi connectivity index (χ4n) is 3.66. The Kier molecular flexibility index (Phi) is 5.84. The summed E-state index contributed by atoms with van der Waals surface area (Å²) in [6.07, 6.45) is 4.44. The fraction of sp³-hybridized carbons (Fsp3) is 0.364. The zero-order chi connectivity index (χ0) is 20.1. The predicted molar refractivity (Wildman–Crippen MR) is 115 cm³/mol. The topological polar surface area (TPSA) is 83.0 Å². The number of hydrogen-bond donors (Lipinski definition) is 2. The van der Waals surface area contributed by atoms with Crippen LogP contribution in [0.25, 0.3) is 10.8 Å². The highest BCUT2D eigenvalue weighted by molar-refractivity contribution is 5.92. The Morgan fingerprint density at radius 3 is 2.69 bits per heavy atom. The molecule has 3 aromatic rings. The molecule has 150 valence electrons. The van der Waals surface area contributed by atoms with E-state index < -0.39 is 0 Å². The summed E-state index contributed by atoms with van der Waals surface area (Å²) in [5.74, 6) is 2.55. The van der Waals surface area contributed by atoms with E-state index >= 15 is 0 Å². The monoisotopic (exact) mass is 390 g/mol. The molecule has 2 N–H and O–H groups in total. The lowest BCUT2D eigenvalue weighted by molar-refractivity contribution is -0.125. The van der Waals surface area contributed by atoms with Crippen LogP contribution in [0.15, 0.2) is 48.7 Å². The van der Waals surface area contributed by atoms with Crippen molar-refractivity contribution in [1.82, 2.24) is 20.5 Å². The van der Waals surface area contributed by atoms with Gasteiger partial charge in [-0.2, -0.15) is 0 Å². The van der Waals surface area contributed by atoms with Gasteiger partial charge in [0.1, 0.15) is 5.82 Å². The van der Waals surface area contributed by atoms with E-state index in [9.17, 15) is 4.79 Å². The van der Waals surface area contributed by atoms with Crippen molar-refractivity contribution in [1.29, 1.82) is 0 Å². The van der Waals surface area contributed by atoms with E-state index in [1.54, 1.807) is 6.20 Å². The van der Waals surface area contributed by atoms with Gasteiger partial charge in [0.2, 0.25) is 5.91 Å². The molecule has 1 aliphatic heterocycles. The molecule has 3 heterocycles. The second kappa shape index (κ2) is 8.86. The third-order valence-corrected chi connectivity index (χ3v) is 5.31. The minimum Gasteiger partial charge on any atom is -0.356 e. The lowest BCUT2D eigenvalue weighted by Gasteiger charge is -2.31. The Bertz CT molecular complexity index is 961. The molecular weight excluding hydrogens is 364 g/mol. The first kappa shape index (κ1) is 19.1. The first-order chi connectivity index (χ1) is 14.2. The maximum absolute atomic E-state index is 12.1. The van der Waals surface area contributed by atoms with Crippen molar-refractivity contribution in [3.8, 4) is 0 Å². The predicted octanol–water partition coefficient (Wildman–Crippen LogP) is 3.51. The van der Waals surface area contributed by atoms with Gasteiger partial charge in [0, 0.05) is 37.1 Å². The van der Waals surface area contributed by atoms with Crippen molar-refractivity contribution in [2.75, 3.05) is 29.9 Å². The van der Waals surface area contributed by atoms with Gasteiger partial charge in [-0.15, -0.1) is 10.2 Å². The smallest absolute Gasteiger partial charge is 0.223 e. The lowest BCUT2D eigenvalue weighted by Crippen LogP contribution is -2.41. The maximum Gasteiger partial charge on any atom is 0.223 e. The number of hydrogen-bond acceptors (Lipinski definition) is 6. The molecule has 1 fully saturated rings. The summed E-state index contributed by atoms with van der Waals surface area (Å²) in [5.41, 5.74) is 0. The summed E-state index contributed by atoms with van der Waals surface area (Å²) >= 11 is 0. The summed E-state index contributed by atoms with van der Waals surface area (Å²) < 4.78 is 0. The third-order valence-electron chi connectivity index (χ3n) is 5.31. The van der Waals surface area contributed by atoms with Crippen LogP contribution in [0.2, 0.25) is 0 Å². The van der Waals surface area contributed by atoms with Crippen molar-refractivity contribution in [2.24, 2.45) is 5.92 Å². The van der Waals surface area contributed by atoms with Crippen LogP contribution in [0, 0.1) is 5.92 Å². The standard InChI is InChI=1S/C22H26N6O/c1-2-12-24-22(29)17-10-14-28(15-11-17)20-8-7-19(26-27-20)25-21-18-6-4-3-5-16(18)9-13-23-21/h3-9,13,17H,2,10-12,14-15H2,1H3,(H,24,29)(H,23,25,26). The van der Waals surface area contributed by atoms with Crippen LogP contribution in [0.3, 0.4) is 0 Å². The Balaban J connectivity index is 1.38. The Hall–Kier alpha value is -3.22. The first-order valence-corrected chi connectivity index (χ1v) is 10.2. The van der Waals surface area contributed by atoms with Gasteiger partial charge in [0.25, 0.3) is 0 Å². The highest BCUT2D eigenvalue weighted by Crippen LogP contribution is 2.25.